The van der Waals surface area contributed by atoms with Crippen LogP contribution in [0.15, 0.2) is 18.2 Å². The maximum absolute atomic E-state index is 12.3. The van der Waals surface area contributed by atoms with Crippen LogP contribution in [0.25, 0.3) is 0 Å². The third kappa shape index (κ3) is 4.81. The fourth-order valence-electron chi connectivity index (χ4n) is 3.09. The first-order valence-corrected chi connectivity index (χ1v) is 8.76. The SMILES string of the molecule is Cc1cccc(C)c1NC(=O)CNC(=O)[C@H](C)N1CCC(C)CC1. The Morgan fingerprint density at radius 1 is 1.21 bits per heavy atom. The van der Waals surface area contributed by atoms with Gasteiger partial charge in [0.2, 0.25) is 11.8 Å². The van der Waals surface area contributed by atoms with Gasteiger partial charge in [-0.25, -0.2) is 0 Å². The number of piperidine rings is 1. The Labute approximate surface area is 144 Å². The predicted molar refractivity (Wildman–Crippen MR) is 97.0 cm³/mol. The molecule has 1 fully saturated rings. The Morgan fingerprint density at radius 3 is 2.38 bits per heavy atom. The molecule has 1 aliphatic rings. The van der Waals surface area contributed by atoms with E-state index < -0.39 is 0 Å². The Kier molecular flexibility index (Phi) is 6.37. The van der Waals surface area contributed by atoms with E-state index in [2.05, 4.69) is 22.5 Å². The summed E-state index contributed by atoms with van der Waals surface area (Å²) in [5.41, 5.74) is 2.87. The van der Waals surface area contributed by atoms with Crippen molar-refractivity contribution in [2.75, 3.05) is 25.0 Å². The van der Waals surface area contributed by atoms with E-state index in [0.717, 1.165) is 48.7 Å². The highest BCUT2D eigenvalue weighted by Crippen LogP contribution is 2.19. The van der Waals surface area contributed by atoms with E-state index in [-0.39, 0.29) is 24.4 Å². The molecule has 0 spiro atoms. The minimum absolute atomic E-state index is 0.00118. The van der Waals surface area contributed by atoms with Gasteiger partial charge >= 0.3 is 0 Å². The van der Waals surface area contributed by atoms with Crippen molar-refractivity contribution in [2.24, 2.45) is 5.92 Å². The van der Waals surface area contributed by atoms with E-state index in [4.69, 9.17) is 0 Å². The number of para-hydroxylation sites is 1. The Morgan fingerprint density at radius 2 is 1.79 bits per heavy atom. The lowest BCUT2D eigenvalue weighted by Gasteiger charge is -2.34. The molecule has 0 bridgehead atoms. The monoisotopic (exact) mass is 331 g/mol. The molecule has 0 radical (unpaired) electrons. The normalized spacial score (nSPS) is 17.3. The number of likely N-dealkylation sites (tertiary alicyclic amines) is 1. The van der Waals surface area contributed by atoms with Crippen molar-refractivity contribution in [2.45, 2.75) is 46.6 Å². The molecule has 132 valence electrons. The van der Waals surface area contributed by atoms with Gasteiger partial charge in [-0.05, 0) is 63.7 Å². The molecule has 24 heavy (non-hydrogen) atoms. The maximum atomic E-state index is 12.3. The van der Waals surface area contributed by atoms with Crippen LogP contribution in [0, 0.1) is 19.8 Å². The fraction of sp³-hybridized carbons (Fsp3) is 0.579. The highest BCUT2D eigenvalue weighted by molar-refractivity contribution is 5.96. The molecule has 5 heteroatoms. The van der Waals surface area contributed by atoms with E-state index in [1.807, 2.05) is 39.0 Å². The molecule has 0 aromatic heterocycles. The zero-order chi connectivity index (χ0) is 17.7. The van der Waals surface area contributed by atoms with Crippen molar-refractivity contribution < 1.29 is 9.59 Å². The summed E-state index contributed by atoms with van der Waals surface area (Å²) in [6, 6.07) is 5.69. The maximum Gasteiger partial charge on any atom is 0.243 e. The van der Waals surface area contributed by atoms with Gasteiger partial charge in [-0.3, -0.25) is 14.5 Å². The fourth-order valence-corrected chi connectivity index (χ4v) is 3.09. The van der Waals surface area contributed by atoms with Gasteiger partial charge in [0.1, 0.15) is 0 Å². The first-order chi connectivity index (χ1) is 11.4. The largest absolute Gasteiger partial charge is 0.346 e. The second-order valence-corrected chi connectivity index (χ2v) is 6.93. The summed E-state index contributed by atoms with van der Waals surface area (Å²) in [5, 5.41) is 5.65. The molecule has 2 amide bonds. The van der Waals surface area contributed by atoms with Gasteiger partial charge < -0.3 is 10.6 Å². The number of rotatable bonds is 5. The van der Waals surface area contributed by atoms with Gasteiger partial charge in [0.15, 0.2) is 0 Å². The van der Waals surface area contributed by atoms with Gasteiger partial charge in [0.05, 0.1) is 12.6 Å². The number of carbonyl (C=O) groups is 2. The number of carbonyl (C=O) groups excluding carboxylic acids is 2. The Hall–Kier alpha value is -1.88. The van der Waals surface area contributed by atoms with Gasteiger partial charge in [-0.15, -0.1) is 0 Å². The molecule has 5 nitrogen and oxygen atoms in total. The minimum Gasteiger partial charge on any atom is -0.346 e. The third-order valence-corrected chi connectivity index (χ3v) is 4.91. The zero-order valence-electron chi connectivity index (χ0n) is 15.2. The van der Waals surface area contributed by atoms with Crippen LogP contribution in [0.1, 0.15) is 37.8 Å². The molecule has 1 aromatic carbocycles. The Balaban J connectivity index is 1.81. The lowest BCUT2D eigenvalue weighted by molar-refractivity contribution is -0.128. The highest BCUT2D eigenvalue weighted by Gasteiger charge is 2.25. The zero-order valence-corrected chi connectivity index (χ0v) is 15.2. The van der Waals surface area contributed by atoms with Gasteiger partial charge in [-0.2, -0.15) is 0 Å². The minimum atomic E-state index is -0.194. The molecule has 1 aromatic rings. The van der Waals surface area contributed by atoms with Crippen LogP contribution in [0.4, 0.5) is 5.69 Å². The van der Waals surface area contributed by atoms with E-state index >= 15 is 0 Å². The number of hydrogen-bond donors (Lipinski definition) is 2. The van der Waals surface area contributed by atoms with Gasteiger partial charge in [-0.1, -0.05) is 25.1 Å². The Bertz CT molecular complexity index is 572. The molecular formula is C19H29N3O2. The number of anilines is 1. The molecule has 0 aliphatic carbocycles. The van der Waals surface area contributed by atoms with E-state index in [1.54, 1.807) is 0 Å². The van der Waals surface area contributed by atoms with E-state index in [9.17, 15) is 9.59 Å². The van der Waals surface area contributed by atoms with Crippen LogP contribution in [0.3, 0.4) is 0 Å². The van der Waals surface area contributed by atoms with Crippen LogP contribution in [-0.4, -0.2) is 42.4 Å². The second-order valence-electron chi connectivity index (χ2n) is 6.93. The van der Waals surface area contributed by atoms with Crippen LogP contribution in [-0.2, 0) is 9.59 Å². The lowest BCUT2D eigenvalue weighted by atomic mass is 9.98. The molecule has 1 aliphatic heterocycles. The summed E-state index contributed by atoms with van der Waals surface area (Å²) in [4.78, 5) is 26.6. The first-order valence-electron chi connectivity index (χ1n) is 8.76. The van der Waals surface area contributed by atoms with Crippen molar-refractivity contribution in [3.05, 3.63) is 29.3 Å². The van der Waals surface area contributed by atoms with Crippen LogP contribution in [0.5, 0.6) is 0 Å². The molecule has 1 saturated heterocycles. The molecular weight excluding hydrogens is 302 g/mol. The van der Waals surface area contributed by atoms with E-state index in [0.29, 0.717) is 0 Å². The quantitative estimate of drug-likeness (QED) is 0.871. The van der Waals surface area contributed by atoms with Crippen LogP contribution in [0.2, 0.25) is 0 Å². The standard InChI is InChI=1S/C19H29N3O2/c1-13-8-10-22(11-9-13)16(4)19(24)20-12-17(23)21-18-14(2)6-5-7-15(18)3/h5-7,13,16H,8-12H2,1-4H3,(H,20,24)(H,21,23)/t16-/m0/s1. The topological polar surface area (TPSA) is 61.4 Å². The number of aryl methyl sites for hydroxylation is 2. The molecule has 1 heterocycles. The molecule has 2 rings (SSSR count). The summed E-state index contributed by atoms with van der Waals surface area (Å²) in [7, 11) is 0. The van der Waals surface area contributed by atoms with Gasteiger partial charge in [0, 0.05) is 5.69 Å². The first kappa shape index (κ1) is 18.5. The van der Waals surface area contributed by atoms with Crippen molar-refractivity contribution in [1.82, 2.24) is 10.2 Å². The number of hydrogen-bond acceptors (Lipinski definition) is 3. The molecule has 0 saturated carbocycles. The summed E-state index contributed by atoms with van der Waals surface area (Å²) in [6.45, 7) is 9.98. The van der Waals surface area contributed by atoms with Crippen molar-refractivity contribution in [1.29, 1.82) is 0 Å². The number of nitrogens with one attached hydrogen (secondary N) is 2. The molecule has 2 N–H and O–H groups in total. The molecule has 0 unspecified atom stereocenters. The van der Waals surface area contributed by atoms with Crippen molar-refractivity contribution in [3.8, 4) is 0 Å². The summed E-state index contributed by atoms with van der Waals surface area (Å²) < 4.78 is 0. The third-order valence-electron chi connectivity index (χ3n) is 4.91. The summed E-state index contributed by atoms with van der Waals surface area (Å²) in [6.07, 6.45) is 2.26. The lowest BCUT2D eigenvalue weighted by Crippen LogP contribution is -2.49. The number of benzene rings is 1. The predicted octanol–water partition coefficient (Wildman–Crippen LogP) is 2.48. The summed E-state index contributed by atoms with van der Waals surface area (Å²) in [5.74, 6) is 0.459. The van der Waals surface area contributed by atoms with E-state index in [1.165, 1.54) is 0 Å². The highest BCUT2D eigenvalue weighted by atomic mass is 16.2. The number of amides is 2. The van der Waals surface area contributed by atoms with Crippen molar-refractivity contribution in [3.63, 3.8) is 0 Å². The smallest absolute Gasteiger partial charge is 0.243 e. The van der Waals surface area contributed by atoms with Gasteiger partial charge in [0.25, 0.3) is 0 Å². The summed E-state index contributed by atoms with van der Waals surface area (Å²) >= 11 is 0. The average Bonchev–Trinajstić information content (AvgIpc) is 2.56. The van der Waals surface area contributed by atoms with Crippen molar-refractivity contribution >= 4 is 17.5 Å². The average molecular weight is 331 g/mol. The van der Waals surface area contributed by atoms with Crippen LogP contribution >= 0.6 is 0 Å². The molecule has 1 atom stereocenters. The van der Waals surface area contributed by atoms with Crippen LogP contribution < -0.4 is 10.6 Å². The second kappa shape index (κ2) is 8.29. The number of nitrogens with zero attached hydrogens (tertiary/aromatic N) is 1.